The van der Waals surface area contributed by atoms with Crippen LogP contribution >= 0.6 is 23.2 Å². The van der Waals surface area contributed by atoms with Crippen LogP contribution in [0.3, 0.4) is 0 Å². The van der Waals surface area contributed by atoms with Crippen molar-refractivity contribution in [1.29, 1.82) is 0 Å². The van der Waals surface area contributed by atoms with E-state index >= 15 is 0 Å². The van der Waals surface area contributed by atoms with Crippen LogP contribution in [-0.4, -0.2) is 54.8 Å². The van der Waals surface area contributed by atoms with Crippen molar-refractivity contribution in [3.05, 3.63) is 69.8 Å². The molecule has 0 aliphatic carbocycles. The molecule has 5 nitrogen and oxygen atoms in total. The van der Waals surface area contributed by atoms with E-state index in [9.17, 15) is 9.59 Å². The lowest BCUT2D eigenvalue weighted by molar-refractivity contribution is -0.135. The lowest BCUT2D eigenvalue weighted by Crippen LogP contribution is -2.47. The van der Waals surface area contributed by atoms with Gasteiger partial charge in [-0.15, -0.1) is 0 Å². The zero-order valence-corrected chi connectivity index (χ0v) is 16.9. The molecule has 0 radical (unpaired) electrons. The first-order chi connectivity index (χ1) is 13.5. The van der Waals surface area contributed by atoms with Gasteiger partial charge in [0.2, 0.25) is 0 Å². The number of amides is 2. The van der Waals surface area contributed by atoms with Crippen LogP contribution in [-0.2, 0) is 9.59 Å². The van der Waals surface area contributed by atoms with Crippen molar-refractivity contribution in [2.75, 3.05) is 38.1 Å². The molecule has 2 heterocycles. The van der Waals surface area contributed by atoms with Gasteiger partial charge in [0.1, 0.15) is 5.70 Å². The summed E-state index contributed by atoms with van der Waals surface area (Å²) in [5.74, 6) is -0.631. The number of carbonyl (C=O) groups is 2. The Kier molecular flexibility index (Phi) is 5.04. The summed E-state index contributed by atoms with van der Waals surface area (Å²) < 4.78 is 0. The lowest BCUT2D eigenvalue weighted by Gasteiger charge is -2.37. The topological polar surface area (TPSA) is 43.9 Å². The first-order valence-electron chi connectivity index (χ1n) is 9.04. The zero-order valence-electron chi connectivity index (χ0n) is 15.4. The number of imide groups is 1. The van der Waals surface area contributed by atoms with E-state index in [1.54, 1.807) is 18.2 Å². The Balaban J connectivity index is 1.66. The van der Waals surface area contributed by atoms with Crippen LogP contribution < -0.4 is 4.90 Å². The Bertz CT molecular complexity index is 967. The van der Waals surface area contributed by atoms with E-state index < -0.39 is 0 Å². The number of anilines is 1. The van der Waals surface area contributed by atoms with Gasteiger partial charge < -0.3 is 9.80 Å². The molecule has 2 aromatic carbocycles. The average molecular weight is 416 g/mol. The second kappa shape index (κ2) is 7.49. The summed E-state index contributed by atoms with van der Waals surface area (Å²) in [5.41, 5.74) is 2.46. The summed E-state index contributed by atoms with van der Waals surface area (Å²) in [4.78, 5) is 31.1. The normalized spacial score (nSPS) is 17.8. The summed E-state index contributed by atoms with van der Waals surface area (Å²) in [6, 6.07) is 15.1. The molecule has 1 fully saturated rings. The second-order valence-electron chi connectivity index (χ2n) is 6.83. The Morgan fingerprint density at radius 3 is 2.11 bits per heavy atom. The number of hydrogen-bond donors (Lipinski definition) is 0. The molecule has 144 valence electrons. The highest BCUT2D eigenvalue weighted by atomic mass is 35.5. The lowest BCUT2D eigenvalue weighted by atomic mass is 10.0. The van der Waals surface area contributed by atoms with Gasteiger partial charge in [0.25, 0.3) is 11.8 Å². The van der Waals surface area contributed by atoms with Gasteiger partial charge in [-0.2, -0.15) is 0 Å². The summed E-state index contributed by atoms with van der Waals surface area (Å²) >= 11 is 12.3. The summed E-state index contributed by atoms with van der Waals surface area (Å²) in [5, 5.41) is 0.844. The van der Waals surface area contributed by atoms with E-state index in [0.29, 0.717) is 40.0 Å². The van der Waals surface area contributed by atoms with Crippen LogP contribution in [0.1, 0.15) is 5.56 Å². The average Bonchev–Trinajstić information content (AvgIpc) is 2.93. The molecule has 0 saturated carbocycles. The quantitative estimate of drug-likeness (QED) is 0.719. The van der Waals surface area contributed by atoms with Crippen LogP contribution in [0.5, 0.6) is 0 Å². The minimum absolute atomic E-state index is 0.292. The SMILES string of the molecule is CN1C(=O)C(c2ccc(Cl)cc2Cl)=C(N2CCN(c3ccccc3)CC2)C1=O. The Morgan fingerprint density at radius 2 is 1.46 bits per heavy atom. The van der Waals surface area contributed by atoms with Gasteiger partial charge in [-0.3, -0.25) is 14.5 Å². The monoisotopic (exact) mass is 415 g/mol. The standard InChI is InChI=1S/C21H19Cl2N3O2/c1-24-20(27)18(16-8-7-14(22)13-17(16)23)19(21(24)28)26-11-9-25(10-12-26)15-5-3-2-4-6-15/h2-8,13H,9-12H2,1H3. The van der Waals surface area contributed by atoms with E-state index in [-0.39, 0.29) is 11.8 Å². The minimum Gasteiger partial charge on any atom is -0.368 e. The third-order valence-corrected chi connectivity index (χ3v) is 5.73. The maximum atomic E-state index is 12.9. The van der Waals surface area contributed by atoms with Crippen LogP contribution in [0.2, 0.25) is 10.0 Å². The molecule has 0 bridgehead atoms. The molecule has 28 heavy (non-hydrogen) atoms. The number of carbonyl (C=O) groups excluding carboxylic acids is 2. The van der Waals surface area contributed by atoms with Gasteiger partial charge in [0.05, 0.1) is 10.6 Å². The maximum absolute atomic E-state index is 12.9. The molecule has 2 aliphatic heterocycles. The highest BCUT2D eigenvalue weighted by molar-refractivity contribution is 6.41. The number of para-hydroxylation sites is 1. The van der Waals surface area contributed by atoms with E-state index in [0.717, 1.165) is 23.7 Å². The second-order valence-corrected chi connectivity index (χ2v) is 7.67. The summed E-state index contributed by atoms with van der Waals surface area (Å²) in [6.07, 6.45) is 0. The Hall–Kier alpha value is -2.50. The van der Waals surface area contributed by atoms with Crippen molar-refractivity contribution in [2.45, 2.75) is 0 Å². The zero-order chi connectivity index (χ0) is 19.8. The number of piperazine rings is 1. The molecular weight excluding hydrogens is 397 g/mol. The van der Waals surface area contributed by atoms with Gasteiger partial charge in [-0.1, -0.05) is 47.5 Å². The number of nitrogens with zero attached hydrogens (tertiary/aromatic N) is 3. The van der Waals surface area contributed by atoms with Crippen molar-refractivity contribution in [2.24, 2.45) is 0 Å². The molecule has 0 aromatic heterocycles. The van der Waals surface area contributed by atoms with Crippen molar-refractivity contribution in [1.82, 2.24) is 9.80 Å². The molecule has 0 atom stereocenters. The van der Waals surface area contributed by atoms with Gasteiger partial charge in [0, 0.05) is 49.5 Å². The van der Waals surface area contributed by atoms with Crippen molar-refractivity contribution in [3.8, 4) is 0 Å². The number of rotatable bonds is 3. The third kappa shape index (κ3) is 3.25. The predicted octanol–water partition coefficient (Wildman–Crippen LogP) is 3.53. The summed E-state index contributed by atoms with van der Waals surface area (Å²) in [6.45, 7) is 2.82. The highest BCUT2D eigenvalue weighted by Gasteiger charge is 2.40. The Morgan fingerprint density at radius 1 is 0.821 bits per heavy atom. The van der Waals surface area contributed by atoms with E-state index in [1.807, 2.05) is 23.1 Å². The molecule has 1 saturated heterocycles. The van der Waals surface area contributed by atoms with Gasteiger partial charge in [-0.25, -0.2) is 0 Å². The fraction of sp³-hybridized carbons (Fsp3) is 0.238. The van der Waals surface area contributed by atoms with Gasteiger partial charge >= 0.3 is 0 Å². The van der Waals surface area contributed by atoms with E-state index in [4.69, 9.17) is 23.2 Å². The van der Waals surface area contributed by atoms with Crippen molar-refractivity contribution < 1.29 is 9.59 Å². The van der Waals surface area contributed by atoms with Crippen LogP contribution in [0.4, 0.5) is 5.69 Å². The number of halogens is 2. The number of hydrogen-bond acceptors (Lipinski definition) is 4. The maximum Gasteiger partial charge on any atom is 0.277 e. The number of likely N-dealkylation sites (N-methyl/N-ethyl adjacent to an activating group) is 1. The predicted molar refractivity (Wildman–Crippen MR) is 111 cm³/mol. The van der Waals surface area contributed by atoms with Gasteiger partial charge in [0.15, 0.2) is 0 Å². The molecule has 7 heteroatoms. The smallest absolute Gasteiger partial charge is 0.277 e. The molecule has 0 unspecified atom stereocenters. The largest absolute Gasteiger partial charge is 0.368 e. The van der Waals surface area contributed by atoms with E-state index in [2.05, 4.69) is 17.0 Å². The van der Waals surface area contributed by atoms with Gasteiger partial charge in [-0.05, 0) is 24.3 Å². The third-order valence-electron chi connectivity index (χ3n) is 5.18. The molecule has 4 rings (SSSR count). The van der Waals surface area contributed by atoms with Crippen LogP contribution in [0, 0.1) is 0 Å². The van der Waals surface area contributed by atoms with Crippen LogP contribution in [0.25, 0.3) is 5.57 Å². The minimum atomic E-state index is -0.338. The molecule has 0 spiro atoms. The first-order valence-corrected chi connectivity index (χ1v) is 9.80. The van der Waals surface area contributed by atoms with Crippen molar-refractivity contribution in [3.63, 3.8) is 0 Å². The molecule has 2 aliphatic rings. The molecule has 0 N–H and O–H groups in total. The molecular formula is C21H19Cl2N3O2. The van der Waals surface area contributed by atoms with Crippen molar-refractivity contribution >= 4 is 46.3 Å². The molecule has 2 aromatic rings. The molecule has 2 amide bonds. The number of benzene rings is 2. The Labute approximate surface area is 173 Å². The fourth-order valence-corrected chi connectivity index (χ4v) is 4.19. The fourth-order valence-electron chi connectivity index (χ4n) is 3.68. The highest BCUT2D eigenvalue weighted by Crippen LogP contribution is 2.36. The summed E-state index contributed by atoms with van der Waals surface area (Å²) in [7, 11) is 1.50. The van der Waals surface area contributed by atoms with Crippen LogP contribution in [0.15, 0.2) is 54.2 Å². The first kappa shape index (κ1) is 18.8. The van der Waals surface area contributed by atoms with E-state index in [1.165, 1.54) is 7.05 Å².